The van der Waals surface area contributed by atoms with Crippen LogP contribution in [-0.2, 0) is 0 Å². The summed E-state index contributed by atoms with van der Waals surface area (Å²) < 4.78 is 5.91. The van der Waals surface area contributed by atoms with Gasteiger partial charge in [0.15, 0.2) is 5.82 Å². The summed E-state index contributed by atoms with van der Waals surface area (Å²) in [6, 6.07) is 7.94. The summed E-state index contributed by atoms with van der Waals surface area (Å²) in [4.78, 5) is 10.2. The summed E-state index contributed by atoms with van der Waals surface area (Å²) in [5.41, 5.74) is 3.44. The third kappa shape index (κ3) is 3.11. The zero-order valence-electron chi connectivity index (χ0n) is 12.1. The summed E-state index contributed by atoms with van der Waals surface area (Å²) >= 11 is 1.70. The number of hydrazine groups is 1. The lowest BCUT2D eigenvalue weighted by Crippen LogP contribution is -2.13. The molecule has 0 aliphatic heterocycles. The first-order valence-corrected chi connectivity index (χ1v) is 8.11. The molecule has 2 aromatic rings. The predicted molar refractivity (Wildman–Crippen MR) is 84.9 cm³/mol. The monoisotopic (exact) mass is 302 g/mol. The number of anilines is 1. The summed E-state index contributed by atoms with van der Waals surface area (Å²) in [6.07, 6.45) is 4.31. The van der Waals surface area contributed by atoms with Crippen molar-refractivity contribution in [2.24, 2.45) is 5.84 Å². The summed E-state index contributed by atoms with van der Waals surface area (Å²) in [7, 11) is 0. The molecule has 3 N–H and O–H groups in total. The van der Waals surface area contributed by atoms with E-state index < -0.39 is 0 Å². The molecule has 21 heavy (non-hydrogen) atoms. The van der Waals surface area contributed by atoms with E-state index in [1.54, 1.807) is 11.8 Å². The van der Waals surface area contributed by atoms with Gasteiger partial charge in [-0.05, 0) is 50.3 Å². The lowest BCUT2D eigenvalue weighted by molar-refractivity contribution is 0.454. The van der Waals surface area contributed by atoms with Crippen molar-refractivity contribution in [3.8, 4) is 11.6 Å². The van der Waals surface area contributed by atoms with E-state index in [1.807, 2.05) is 37.4 Å². The van der Waals surface area contributed by atoms with E-state index in [4.69, 9.17) is 10.6 Å². The van der Waals surface area contributed by atoms with Gasteiger partial charge in [-0.3, -0.25) is 0 Å². The maximum atomic E-state index is 5.91. The molecule has 3 rings (SSSR count). The van der Waals surface area contributed by atoms with E-state index in [9.17, 15) is 0 Å². The Kier molecular flexibility index (Phi) is 3.98. The van der Waals surface area contributed by atoms with Crippen LogP contribution in [0.4, 0.5) is 5.82 Å². The van der Waals surface area contributed by atoms with Gasteiger partial charge < -0.3 is 10.2 Å². The fraction of sp³-hybridized carbons (Fsp3) is 0.333. The second kappa shape index (κ2) is 5.91. The Morgan fingerprint density at radius 3 is 2.52 bits per heavy atom. The van der Waals surface area contributed by atoms with Crippen LogP contribution in [0.3, 0.4) is 0 Å². The number of rotatable bonds is 5. The molecule has 0 saturated heterocycles. The van der Waals surface area contributed by atoms with Crippen LogP contribution in [0.1, 0.15) is 30.1 Å². The van der Waals surface area contributed by atoms with E-state index in [1.165, 1.54) is 4.90 Å². The standard InChI is InChI=1S/C15H18N4OS/c1-9-13(19-16)17-14(10-3-4-10)18-15(9)20-11-5-7-12(21-2)8-6-11/h5-8,10H,3-4,16H2,1-2H3,(H,17,18,19). The second-order valence-electron chi connectivity index (χ2n) is 5.06. The molecular formula is C15H18N4OS. The Balaban J connectivity index is 1.90. The van der Waals surface area contributed by atoms with Crippen LogP contribution in [0, 0.1) is 6.92 Å². The molecule has 1 fully saturated rings. The van der Waals surface area contributed by atoms with Gasteiger partial charge in [0.25, 0.3) is 0 Å². The Hall–Kier alpha value is -1.79. The molecule has 0 unspecified atom stereocenters. The van der Waals surface area contributed by atoms with Gasteiger partial charge in [-0.15, -0.1) is 11.8 Å². The van der Waals surface area contributed by atoms with Crippen LogP contribution in [0.5, 0.6) is 11.6 Å². The van der Waals surface area contributed by atoms with Crippen molar-refractivity contribution >= 4 is 17.6 Å². The van der Waals surface area contributed by atoms with E-state index >= 15 is 0 Å². The summed E-state index contributed by atoms with van der Waals surface area (Å²) in [6.45, 7) is 1.90. The van der Waals surface area contributed by atoms with Crippen molar-refractivity contribution in [3.05, 3.63) is 35.7 Å². The molecule has 0 spiro atoms. The van der Waals surface area contributed by atoms with Crippen LogP contribution < -0.4 is 16.0 Å². The van der Waals surface area contributed by atoms with Crippen molar-refractivity contribution in [1.29, 1.82) is 0 Å². The molecule has 1 aromatic carbocycles. The Morgan fingerprint density at radius 2 is 1.95 bits per heavy atom. The lowest BCUT2D eigenvalue weighted by atomic mass is 10.3. The van der Waals surface area contributed by atoms with Crippen molar-refractivity contribution in [2.75, 3.05) is 11.7 Å². The van der Waals surface area contributed by atoms with Gasteiger partial charge in [0.05, 0.1) is 5.56 Å². The third-order valence-corrected chi connectivity index (χ3v) is 4.22. The van der Waals surface area contributed by atoms with Gasteiger partial charge in [-0.25, -0.2) is 10.8 Å². The van der Waals surface area contributed by atoms with Crippen LogP contribution in [0.2, 0.25) is 0 Å². The molecule has 1 aliphatic carbocycles. The van der Waals surface area contributed by atoms with Gasteiger partial charge in [-0.2, -0.15) is 4.98 Å². The highest BCUT2D eigenvalue weighted by Crippen LogP contribution is 2.40. The lowest BCUT2D eigenvalue weighted by Gasteiger charge is -2.12. The molecular weight excluding hydrogens is 284 g/mol. The second-order valence-corrected chi connectivity index (χ2v) is 5.94. The number of nitrogen functional groups attached to an aromatic ring is 1. The van der Waals surface area contributed by atoms with E-state index in [-0.39, 0.29) is 0 Å². The van der Waals surface area contributed by atoms with Gasteiger partial charge >= 0.3 is 0 Å². The minimum absolute atomic E-state index is 0.443. The smallest absolute Gasteiger partial charge is 0.227 e. The molecule has 1 aromatic heterocycles. The van der Waals surface area contributed by atoms with Crippen molar-refractivity contribution < 1.29 is 4.74 Å². The molecule has 6 heteroatoms. The normalized spacial score (nSPS) is 14.0. The first kappa shape index (κ1) is 14.2. The Labute approximate surface area is 128 Å². The largest absolute Gasteiger partial charge is 0.439 e. The average Bonchev–Trinajstić information content (AvgIpc) is 3.35. The average molecular weight is 302 g/mol. The van der Waals surface area contributed by atoms with Crippen LogP contribution in [0.15, 0.2) is 29.2 Å². The molecule has 0 amide bonds. The summed E-state index contributed by atoms with van der Waals surface area (Å²) in [5, 5.41) is 0. The van der Waals surface area contributed by atoms with Gasteiger partial charge in [-0.1, -0.05) is 0 Å². The minimum atomic E-state index is 0.443. The predicted octanol–water partition coefficient (Wildman–Crippen LogP) is 3.46. The number of hydrogen-bond acceptors (Lipinski definition) is 6. The highest BCUT2D eigenvalue weighted by Gasteiger charge is 2.28. The molecule has 1 aliphatic rings. The zero-order valence-corrected chi connectivity index (χ0v) is 12.9. The molecule has 0 radical (unpaired) electrons. The Morgan fingerprint density at radius 1 is 1.24 bits per heavy atom. The van der Waals surface area contributed by atoms with Crippen molar-refractivity contribution in [2.45, 2.75) is 30.6 Å². The number of ether oxygens (including phenoxy) is 1. The maximum absolute atomic E-state index is 5.91. The Bertz CT molecular complexity index is 641. The first-order chi connectivity index (χ1) is 10.2. The molecule has 5 nitrogen and oxygen atoms in total. The number of nitrogens with zero attached hydrogens (tertiary/aromatic N) is 2. The maximum Gasteiger partial charge on any atom is 0.227 e. The summed E-state index contributed by atoms with van der Waals surface area (Å²) in [5.74, 6) is 8.75. The fourth-order valence-electron chi connectivity index (χ4n) is 2.03. The first-order valence-electron chi connectivity index (χ1n) is 6.88. The highest BCUT2D eigenvalue weighted by molar-refractivity contribution is 7.98. The number of hydrogen-bond donors (Lipinski definition) is 2. The number of benzene rings is 1. The van der Waals surface area contributed by atoms with Crippen LogP contribution in [-0.4, -0.2) is 16.2 Å². The quantitative estimate of drug-likeness (QED) is 0.500. The van der Waals surface area contributed by atoms with Gasteiger partial charge in [0.2, 0.25) is 5.88 Å². The highest BCUT2D eigenvalue weighted by atomic mass is 32.2. The van der Waals surface area contributed by atoms with E-state index in [2.05, 4.69) is 15.4 Å². The fourth-order valence-corrected chi connectivity index (χ4v) is 2.44. The minimum Gasteiger partial charge on any atom is -0.439 e. The topological polar surface area (TPSA) is 73.1 Å². The molecule has 0 bridgehead atoms. The number of nitrogens with two attached hydrogens (primary N) is 1. The van der Waals surface area contributed by atoms with Gasteiger partial charge in [0, 0.05) is 10.8 Å². The van der Waals surface area contributed by atoms with E-state index in [0.717, 1.165) is 30.0 Å². The van der Waals surface area contributed by atoms with Crippen LogP contribution >= 0.6 is 11.8 Å². The molecule has 1 saturated carbocycles. The SMILES string of the molecule is CSc1ccc(Oc2nc(C3CC3)nc(NN)c2C)cc1. The van der Waals surface area contributed by atoms with Crippen molar-refractivity contribution in [3.63, 3.8) is 0 Å². The van der Waals surface area contributed by atoms with Crippen LogP contribution in [0.25, 0.3) is 0 Å². The number of aromatic nitrogens is 2. The third-order valence-electron chi connectivity index (χ3n) is 3.47. The number of thioether (sulfide) groups is 1. The van der Waals surface area contributed by atoms with E-state index in [0.29, 0.717) is 17.6 Å². The van der Waals surface area contributed by atoms with Gasteiger partial charge in [0.1, 0.15) is 11.6 Å². The number of nitrogens with one attached hydrogen (secondary N) is 1. The van der Waals surface area contributed by atoms with Crippen molar-refractivity contribution in [1.82, 2.24) is 9.97 Å². The molecule has 0 atom stereocenters. The molecule has 110 valence electrons. The zero-order chi connectivity index (χ0) is 14.8. The molecule has 1 heterocycles.